The van der Waals surface area contributed by atoms with Crippen LogP contribution in [0.3, 0.4) is 0 Å². The molecule has 10 heavy (non-hydrogen) atoms. The van der Waals surface area contributed by atoms with Crippen LogP contribution in [0, 0.1) is 0 Å². The predicted molar refractivity (Wildman–Crippen MR) is 50.4 cm³/mol. The molecular weight excluding hydrogens is 186 g/mol. The Hall–Kier alpha value is 0.01000. The molecule has 0 bridgehead atoms. The minimum Gasteiger partial charge on any atom is -0.397 e. The third kappa shape index (κ3) is 1.36. The fraction of sp³-hybridized carbons (Fsp3) is 0. The van der Waals surface area contributed by atoms with Gasteiger partial charge in [-0.15, -0.1) is 25.3 Å². The van der Waals surface area contributed by atoms with E-state index in [2.05, 4.69) is 25.3 Å². The highest BCUT2D eigenvalue weighted by Crippen LogP contribution is 2.30. The molecule has 0 radical (unpaired) electrons. The second kappa shape index (κ2) is 2.95. The van der Waals surface area contributed by atoms with Crippen LogP contribution in [0.5, 0.6) is 0 Å². The van der Waals surface area contributed by atoms with Gasteiger partial charge in [-0.2, -0.15) is 0 Å². The Balaban J connectivity index is 3.34. The van der Waals surface area contributed by atoms with Crippen LogP contribution in [0.15, 0.2) is 21.9 Å². The van der Waals surface area contributed by atoms with E-state index in [1.54, 1.807) is 12.1 Å². The molecule has 0 unspecified atom stereocenters. The minimum atomic E-state index is 0.484. The summed E-state index contributed by atoms with van der Waals surface area (Å²) in [7, 11) is 0. The molecule has 0 aliphatic carbocycles. The first-order chi connectivity index (χ1) is 4.63. The molecule has 0 saturated carbocycles. The summed E-state index contributed by atoms with van der Waals surface area (Å²) in [6.45, 7) is 0. The van der Waals surface area contributed by atoms with Crippen LogP contribution in [0.4, 0.5) is 5.69 Å². The highest BCUT2D eigenvalue weighted by molar-refractivity contribution is 7.83. The Kier molecular flexibility index (Phi) is 2.39. The zero-order valence-corrected chi connectivity index (χ0v) is 7.55. The number of hydrogen-bond acceptors (Lipinski definition) is 3. The monoisotopic (exact) mass is 191 g/mol. The molecule has 0 aliphatic rings. The lowest BCUT2D eigenvalue weighted by Crippen LogP contribution is -1.88. The van der Waals surface area contributed by atoms with Crippen molar-refractivity contribution in [2.24, 2.45) is 0 Å². The average Bonchev–Trinajstić information content (AvgIpc) is 1.93. The third-order valence-electron chi connectivity index (χ3n) is 1.14. The van der Waals surface area contributed by atoms with Crippen molar-refractivity contribution in [3.8, 4) is 0 Å². The van der Waals surface area contributed by atoms with Crippen LogP contribution in [-0.2, 0) is 0 Å². The SMILES string of the molecule is Nc1c(Cl)ccc(S)c1S. The highest BCUT2D eigenvalue weighted by Gasteiger charge is 2.01. The quantitative estimate of drug-likeness (QED) is 0.427. The second-order valence-electron chi connectivity index (χ2n) is 1.83. The zero-order chi connectivity index (χ0) is 7.72. The maximum atomic E-state index is 5.68. The summed E-state index contributed by atoms with van der Waals surface area (Å²) in [5.74, 6) is 0. The summed E-state index contributed by atoms with van der Waals surface area (Å²) >= 11 is 13.9. The molecule has 0 saturated heterocycles. The summed E-state index contributed by atoms with van der Waals surface area (Å²) < 4.78 is 0. The van der Waals surface area contributed by atoms with Crippen molar-refractivity contribution in [2.45, 2.75) is 9.79 Å². The summed E-state index contributed by atoms with van der Waals surface area (Å²) in [4.78, 5) is 1.38. The second-order valence-corrected chi connectivity index (χ2v) is 3.17. The summed E-state index contributed by atoms with van der Waals surface area (Å²) in [5.41, 5.74) is 6.01. The molecular formula is C6H6ClNS2. The van der Waals surface area contributed by atoms with Gasteiger partial charge in [-0.25, -0.2) is 0 Å². The van der Waals surface area contributed by atoms with E-state index < -0.39 is 0 Å². The zero-order valence-electron chi connectivity index (χ0n) is 5.00. The van der Waals surface area contributed by atoms with Gasteiger partial charge >= 0.3 is 0 Å². The molecule has 1 aromatic rings. The van der Waals surface area contributed by atoms with Crippen LogP contribution in [0.1, 0.15) is 0 Å². The normalized spacial score (nSPS) is 9.90. The first kappa shape index (κ1) is 8.11. The minimum absolute atomic E-state index is 0.484. The molecule has 1 rings (SSSR count). The van der Waals surface area contributed by atoms with Crippen molar-refractivity contribution >= 4 is 42.5 Å². The van der Waals surface area contributed by atoms with Crippen LogP contribution in [0.2, 0.25) is 5.02 Å². The van der Waals surface area contributed by atoms with Gasteiger partial charge in [-0.3, -0.25) is 0 Å². The lowest BCUT2D eigenvalue weighted by Gasteiger charge is -2.02. The van der Waals surface area contributed by atoms with Gasteiger partial charge in [0, 0.05) is 9.79 Å². The molecule has 0 aromatic heterocycles. The molecule has 0 amide bonds. The van der Waals surface area contributed by atoms with Gasteiger partial charge < -0.3 is 5.73 Å². The fourth-order valence-corrected chi connectivity index (χ4v) is 1.19. The Morgan fingerprint density at radius 2 is 1.90 bits per heavy atom. The third-order valence-corrected chi connectivity index (χ3v) is 2.50. The number of anilines is 1. The maximum absolute atomic E-state index is 5.68. The fourth-order valence-electron chi connectivity index (χ4n) is 0.572. The van der Waals surface area contributed by atoms with Crippen molar-refractivity contribution < 1.29 is 0 Å². The molecule has 4 heteroatoms. The van der Waals surface area contributed by atoms with Gasteiger partial charge in [-0.05, 0) is 12.1 Å². The van der Waals surface area contributed by atoms with Crippen LogP contribution >= 0.6 is 36.9 Å². The first-order valence-electron chi connectivity index (χ1n) is 2.59. The van der Waals surface area contributed by atoms with Crippen molar-refractivity contribution in [2.75, 3.05) is 5.73 Å². The topological polar surface area (TPSA) is 26.0 Å². The molecule has 2 N–H and O–H groups in total. The summed E-state index contributed by atoms with van der Waals surface area (Å²) in [6.07, 6.45) is 0. The number of nitrogens with two attached hydrogens (primary N) is 1. The Labute approximate surface area is 75.4 Å². The van der Waals surface area contributed by atoms with Gasteiger partial charge in [0.1, 0.15) is 0 Å². The molecule has 0 fully saturated rings. The Morgan fingerprint density at radius 1 is 1.30 bits per heavy atom. The van der Waals surface area contributed by atoms with E-state index >= 15 is 0 Å². The number of nitrogen functional groups attached to an aromatic ring is 1. The van der Waals surface area contributed by atoms with E-state index in [9.17, 15) is 0 Å². The number of halogens is 1. The van der Waals surface area contributed by atoms with E-state index in [4.69, 9.17) is 17.3 Å². The van der Waals surface area contributed by atoms with Gasteiger partial charge in [0.15, 0.2) is 0 Å². The molecule has 1 aromatic carbocycles. The van der Waals surface area contributed by atoms with E-state index in [1.807, 2.05) is 0 Å². The molecule has 0 heterocycles. The molecule has 1 nitrogen and oxygen atoms in total. The standard InChI is InChI=1S/C6H6ClNS2/c7-3-1-2-4(9)6(10)5(3)8/h1-2,9-10H,8H2. The van der Waals surface area contributed by atoms with E-state index in [0.29, 0.717) is 15.6 Å². The van der Waals surface area contributed by atoms with Gasteiger partial charge in [0.05, 0.1) is 10.7 Å². The van der Waals surface area contributed by atoms with Gasteiger partial charge in [0.2, 0.25) is 0 Å². The molecule has 0 spiro atoms. The smallest absolute Gasteiger partial charge is 0.0650 e. The van der Waals surface area contributed by atoms with E-state index in [0.717, 1.165) is 4.90 Å². The van der Waals surface area contributed by atoms with E-state index in [-0.39, 0.29) is 0 Å². The number of rotatable bonds is 0. The lowest BCUT2D eigenvalue weighted by atomic mass is 10.3. The van der Waals surface area contributed by atoms with Crippen LogP contribution in [-0.4, -0.2) is 0 Å². The Morgan fingerprint density at radius 3 is 2.40 bits per heavy atom. The predicted octanol–water partition coefficient (Wildman–Crippen LogP) is 2.50. The maximum Gasteiger partial charge on any atom is 0.0650 e. The summed E-state index contributed by atoms with van der Waals surface area (Å²) in [6, 6.07) is 3.45. The lowest BCUT2D eigenvalue weighted by molar-refractivity contribution is 1.28. The molecule has 0 atom stereocenters. The first-order valence-corrected chi connectivity index (χ1v) is 3.86. The largest absolute Gasteiger partial charge is 0.397 e. The number of thiol groups is 2. The number of hydrogen-bond donors (Lipinski definition) is 3. The highest BCUT2D eigenvalue weighted by atomic mass is 35.5. The van der Waals surface area contributed by atoms with Crippen molar-refractivity contribution in [1.29, 1.82) is 0 Å². The van der Waals surface area contributed by atoms with Crippen molar-refractivity contribution in [3.05, 3.63) is 17.2 Å². The van der Waals surface area contributed by atoms with Gasteiger partial charge in [0.25, 0.3) is 0 Å². The molecule has 0 aliphatic heterocycles. The van der Waals surface area contributed by atoms with Gasteiger partial charge in [-0.1, -0.05) is 11.6 Å². The summed E-state index contributed by atoms with van der Waals surface area (Å²) in [5, 5.41) is 0.516. The number of benzene rings is 1. The van der Waals surface area contributed by atoms with Crippen LogP contribution in [0.25, 0.3) is 0 Å². The average molecular weight is 192 g/mol. The molecule has 54 valence electrons. The van der Waals surface area contributed by atoms with E-state index in [1.165, 1.54) is 0 Å². The van der Waals surface area contributed by atoms with Crippen molar-refractivity contribution in [3.63, 3.8) is 0 Å². The van der Waals surface area contributed by atoms with Crippen LogP contribution < -0.4 is 5.73 Å². The van der Waals surface area contributed by atoms with Crippen molar-refractivity contribution in [1.82, 2.24) is 0 Å². The Bertz CT molecular complexity index is 235.